The smallest absolute Gasteiger partial charge is 0.211 e. The molecule has 98 valence electrons. The van der Waals surface area contributed by atoms with Gasteiger partial charge in [0, 0.05) is 17.7 Å². The molecule has 0 saturated carbocycles. The van der Waals surface area contributed by atoms with E-state index in [9.17, 15) is 0 Å². The zero-order valence-corrected chi connectivity index (χ0v) is 11.9. The highest BCUT2D eigenvalue weighted by atomic mass is 14.7. The maximum Gasteiger partial charge on any atom is 0.211 e. The lowest BCUT2D eigenvalue weighted by atomic mass is 9.98. The molecule has 0 atom stereocenters. The van der Waals surface area contributed by atoms with Crippen LogP contribution in [0.1, 0.15) is 11.1 Å². The molecule has 3 rings (SSSR count). The monoisotopic (exact) mass is 260 g/mol. The van der Waals surface area contributed by atoms with Crippen molar-refractivity contribution in [2.24, 2.45) is 0 Å². The molecule has 0 radical (unpaired) electrons. The van der Waals surface area contributed by atoms with E-state index in [1.165, 1.54) is 27.8 Å². The first-order valence-corrected chi connectivity index (χ1v) is 6.88. The number of hydrogen-bond acceptors (Lipinski definition) is 0. The molecule has 20 heavy (non-hydrogen) atoms. The first kappa shape index (κ1) is 12.6. The molecule has 0 amide bonds. The van der Waals surface area contributed by atoms with E-state index in [1.54, 1.807) is 0 Å². The topological polar surface area (TPSA) is 14.1 Å². The molecule has 0 aliphatic carbocycles. The predicted octanol–water partition coefficient (Wildman–Crippen LogP) is 4.45. The second-order valence-electron chi connectivity index (χ2n) is 5.23. The third kappa shape index (κ3) is 2.62. The lowest BCUT2D eigenvalue weighted by molar-refractivity contribution is -0.364. The molecule has 0 spiro atoms. The number of pyridine rings is 1. The van der Waals surface area contributed by atoms with Crippen LogP contribution in [0.3, 0.4) is 0 Å². The number of rotatable bonds is 2. The molecular formula is C19H18N+. The Bertz CT molecular complexity index is 730. The van der Waals surface area contributed by atoms with Crippen LogP contribution in [0, 0.1) is 13.8 Å². The molecule has 3 aromatic rings. The van der Waals surface area contributed by atoms with E-state index in [4.69, 9.17) is 0 Å². The van der Waals surface area contributed by atoms with Crippen LogP contribution in [0.4, 0.5) is 0 Å². The van der Waals surface area contributed by atoms with Gasteiger partial charge in [-0.2, -0.15) is 0 Å². The summed E-state index contributed by atoms with van der Waals surface area (Å²) in [4.78, 5) is 3.33. The van der Waals surface area contributed by atoms with Crippen LogP contribution in [0.25, 0.3) is 22.4 Å². The zero-order valence-electron chi connectivity index (χ0n) is 11.9. The Hall–Kier alpha value is -2.41. The Morgan fingerprint density at radius 3 is 2.15 bits per heavy atom. The molecule has 0 aliphatic heterocycles. The lowest BCUT2D eigenvalue weighted by Gasteiger charge is -2.06. The van der Waals surface area contributed by atoms with Crippen molar-refractivity contribution in [2.75, 3.05) is 0 Å². The molecule has 2 aromatic carbocycles. The van der Waals surface area contributed by atoms with Crippen molar-refractivity contribution in [3.63, 3.8) is 0 Å². The van der Waals surface area contributed by atoms with Crippen LogP contribution in [-0.4, -0.2) is 0 Å². The third-order valence-electron chi connectivity index (χ3n) is 3.45. The number of H-pyrrole nitrogens is 1. The van der Waals surface area contributed by atoms with Crippen LogP contribution in [-0.2, 0) is 0 Å². The van der Waals surface area contributed by atoms with Crippen LogP contribution < -0.4 is 4.98 Å². The van der Waals surface area contributed by atoms with E-state index in [-0.39, 0.29) is 0 Å². The van der Waals surface area contributed by atoms with E-state index in [2.05, 4.69) is 79.5 Å². The molecule has 0 unspecified atom stereocenters. The molecule has 0 bridgehead atoms. The zero-order chi connectivity index (χ0) is 13.9. The quantitative estimate of drug-likeness (QED) is 0.646. The van der Waals surface area contributed by atoms with Crippen molar-refractivity contribution >= 4 is 0 Å². The van der Waals surface area contributed by atoms with Gasteiger partial charge in [0.25, 0.3) is 0 Å². The molecule has 1 nitrogen and oxygen atoms in total. The van der Waals surface area contributed by atoms with Gasteiger partial charge in [0.05, 0.1) is 0 Å². The second-order valence-corrected chi connectivity index (χ2v) is 5.23. The minimum Gasteiger partial charge on any atom is -0.211 e. The second kappa shape index (κ2) is 5.30. The molecule has 0 aliphatic rings. The van der Waals surface area contributed by atoms with Crippen LogP contribution in [0.2, 0.25) is 0 Å². The number of nitrogens with one attached hydrogen (secondary N) is 1. The highest BCUT2D eigenvalue weighted by Gasteiger charge is 2.08. The van der Waals surface area contributed by atoms with E-state index < -0.39 is 0 Å². The van der Waals surface area contributed by atoms with E-state index in [1.807, 2.05) is 6.20 Å². The van der Waals surface area contributed by atoms with Gasteiger partial charge < -0.3 is 0 Å². The van der Waals surface area contributed by atoms with E-state index in [0.717, 1.165) is 5.69 Å². The van der Waals surface area contributed by atoms with E-state index in [0.29, 0.717) is 0 Å². The standard InChI is InChI=1S/C19H17N/c1-14-8-9-20-19(12-14)18-11-15(2)10-17(13-18)16-6-4-3-5-7-16/h3-13H,1-2H3/p+1. The molecule has 1 aromatic heterocycles. The first-order valence-electron chi connectivity index (χ1n) is 6.88. The first-order chi connectivity index (χ1) is 9.72. The summed E-state index contributed by atoms with van der Waals surface area (Å²) in [6.45, 7) is 4.26. The number of aryl methyl sites for hydroxylation is 2. The van der Waals surface area contributed by atoms with Crippen LogP contribution in [0.15, 0.2) is 66.9 Å². The fourth-order valence-electron chi connectivity index (χ4n) is 2.48. The minimum atomic E-state index is 1.16. The fraction of sp³-hybridized carbons (Fsp3) is 0.105. The highest BCUT2D eigenvalue weighted by Crippen LogP contribution is 2.26. The average Bonchev–Trinajstić information content (AvgIpc) is 2.47. The Labute approximate surface area is 119 Å². The summed E-state index contributed by atoms with van der Waals surface area (Å²) in [7, 11) is 0. The van der Waals surface area contributed by atoms with Crippen molar-refractivity contribution in [3.05, 3.63) is 78.0 Å². The van der Waals surface area contributed by atoms with Crippen molar-refractivity contribution in [2.45, 2.75) is 13.8 Å². The van der Waals surface area contributed by atoms with Gasteiger partial charge in [-0.3, -0.25) is 0 Å². The molecule has 0 fully saturated rings. The lowest BCUT2D eigenvalue weighted by Crippen LogP contribution is -2.05. The van der Waals surface area contributed by atoms with Gasteiger partial charge in [-0.1, -0.05) is 36.4 Å². The Balaban J connectivity index is 2.12. The summed E-state index contributed by atoms with van der Waals surface area (Å²) in [5, 5.41) is 0. The van der Waals surface area contributed by atoms with E-state index >= 15 is 0 Å². The Morgan fingerprint density at radius 1 is 0.650 bits per heavy atom. The average molecular weight is 260 g/mol. The summed E-state index contributed by atoms with van der Waals surface area (Å²) < 4.78 is 0. The predicted molar refractivity (Wildman–Crippen MR) is 83.3 cm³/mol. The van der Waals surface area contributed by atoms with Gasteiger partial charge in [0.15, 0.2) is 6.20 Å². The molecule has 0 saturated heterocycles. The molecule has 1 N–H and O–H groups in total. The van der Waals surface area contributed by atoms with Gasteiger partial charge in [-0.05, 0) is 48.2 Å². The van der Waals surface area contributed by atoms with Crippen molar-refractivity contribution in [1.29, 1.82) is 0 Å². The van der Waals surface area contributed by atoms with Crippen molar-refractivity contribution in [3.8, 4) is 22.4 Å². The molecule has 1 heterocycles. The summed E-state index contributed by atoms with van der Waals surface area (Å²) in [6, 6.07) is 21.5. The minimum absolute atomic E-state index is 1.16. The van der Waals surface area contributed by atoms with Crippen molar-refractivity contribution < 1.29 is 4.98 Å². The van der Waals surface area contributed by atoms with Gasteiger partial charge in [-0.25, -0.2) is 4.98 Å². The van der Waals surface area contributed by atoms with Crippen LogP contribution >= 0.6 is 0 Å². The van der Waals surface area contributed by atoms with Gasteiger partial charge in [0.2, 0.25) is 5.69 Å². The SMILES string of the molecule is Cc1cc(-c2ccccc2)cc(-c2cc(C)cc[nH+]2)c1. The summed E-state index contributed by atoms with van der Waals surface area (Å²) in [5.74, 6) is 0. The maximum absolute atomic E-state index is 3.33. The molecular weight excluding hydrogens is 242 g/mol. The fourth-order valence-corrected chi connectivity index (χ4v) is 2.48. The summed E-state index contributed by atoms with van der Waals surface area (Å²) >= 11 is 0. The largest absolute Gasteiger partial charge is 0.211 e. The van der Waals surface area contributed by atoms with Gasteiger partial charge >= 0.3 is 0 Å². The number of hydrogen-bond donors (Lipinski definition) is 0. The number of aromatic nitrogens is 1. The third-order valence-corrected chi connectivity index (χ3v) is 3.45. The Morgan fingerprint density at radius 2 is 1.40 bits per heavy atom. The van der Waals surface area contributed by atoms with Crippen molar-refractivity contribution in [1.82, 2.24) is 0 Å². The number of aromatic amines is 1. The number of benzene rings is 2. The maximum atomic E-state index is 3.33. The molecule has 1 heteroatoms. The Kier molecular flexibility index (Phi) is 3.34. The highest BCUT2D eigenvalue weighted by molar-refractivity contribution is 5.71. The van der Waals surface area contributed by atoms with Gasteiger partial charge in [-0.15, -0.1) is 0 Å². The van der Waals surface area contributed by atoms with Gasteiger partial charge in [0.1, 0.15) is 0 Å². The van der Waals surface area contributed by atoms with Crippen LogP contribution in [0.5, 0.6) is 0 Å². The summed E-state index contributed by atoms with van der Waals surface area (Å²) in [6.07, 6.45) is 2.00. The normalized spacial score (nSPS) is 10.5. The summed E-state index contributed by atoms with van der Waals surface area (Å²) in [5.41, 5.74) is 7.44.